The summed E-state index contributed by atoms with van der Waals surface area (Å²) in [5, 5.41) is 8.47. The molecule has 0 saturated carbocycles. The number of halogens is 1. The van der Waals surface area contributed by atoms with Gasteiger partial charge in [0.25, 0.3) is 0 Å². The quantitative estimate of drug-likeness (QED) is 0.616. The zero-order valence-corrected chi connectivity index (χ0v) is 11.2. The van der Waals surface area contributed by atoms with E-state index in [9.17, 15) is 14.0 Å². The van der Waals surface area contributed by atoms with Gasteiger partial charge in [0.1, 0.15) is 6.10 Å². The van der Waals surface area contributed by atoms with Crippen LogP contribution < -0.4 is 0 Å². The molecule has 1 rings (SSSR count). The maximum absolute atomic E-state index is 14.3. The summed E-state index contributed by atoms with van der Waals surface area (Å²) in [5.41, 5.74) is 0.431. The van der Waals surface area contributed by atoms with Crippen molar-refractivity contribution in [1.82, 2.24) is 0 Å². The molecule has 1 aromatic carbocycles. The van der Waals surface area contributed by atoms with Crippen molar-refractivity contribution in [2.24, 2.45) is 0 Å². The predicted octanol–water partition coefficient (Wildman–Crippen LogP) is 3.05. The minimum absolute atomic E-state index is 0.222. The van der Waals surface area contributed by atoms with Gasteiger partial charge in [0.2, 0.25) is 0 Å². The third kappa shape index (κ3) is 5.65. The molecule has 108 valence electrons. The molecule has 5 heteroatoms. The van der Waals surface area contributed by atoms with Gasteiger partial charge in [-0.3, -0.25) is 4.79 Å². The Kier molecular flexibility index (Phi) is 6.43. The van der Waals surface area contributed by atoms with E-state index in [0.717, 1.165) is 6.08 Å². The highest BCUT2D eigenvalue weighted by Crippen LogP contribution is 2.26. The number of benzene rings is 1. The second-order valence-electron chi connectivity index (χ2n) is 4.28. The summed E-state index contributed by atoms with van der Waals surface area (Å²) in [6, 6.07) is 8.42. The summed E-state index contributed by atoms with van der Waals surface area (Å²) >= 11 is 0. The fraction of sp³-hybridized carbons (Fsp3) is 0.333. The molecule has 0 aromatic heterocycles. The Morgan fingerprint density at radius 2 is 2.00 bits per heavy atom. The molecule has 1 aromatic rings. The number of hydrogen-bond donors (Lipinski definition) is 1. The first kappa shape index (κ1) is 15.9. The van der Waals surface area contributed by atoms with Crippen LogP contribution in [0.4, 0.5) is 4.39 Å². The van der Waals surface area contributed by atoms with Gasteiger partial charge in [-0.1, -0.05) is 36.4 Å². The van der Waals surface area contributed by atoms with Gasteiger partial charge in [-0.05, 0) is 18.4 Å². The zero-order chi connectivity index (χ0) is 15.0. The highest BCUT2D eigenvalue weighted by molar-refractivity contribution is 5.79. The standard InChI is InChI=1S/C15H17FO4/c1-11(17)20-13(9-5-6-10-14(18)19)15(16)12-7-3-2-4-8-12/h2-4,6-8,10,13,15H,5,9H2,1H3,(H,18,19)/b10-6-. The lowest BCUT2D eigenvalue weighted by Crippen LogP contribution is -2.22. The van der Waals surface area contributed by atoms with Crippen LogP contribution in [-0.2, 0) is 14.3 Å². The lowest BCUT2D eigenvalue weighted by molar-refractivity contribution is -0.150. The van der Waals surface area contributed by atoms with Gasteiger partial charge in [0, 0.05) is 13.0 Å². The molecule has 0 aliphatic rings. The Balaban J connectivity index is 2.68. The maximum Gasteiger partial charge on any atom is 0.327 e. The summed E-state index contributed by atoms with van der Waals surface area (Å²) in [5.74, 6) is -1.62. The van der Waals surface area contributed by atoms with Crippen LogP contribution >= 0.6 is 0 Å². The summed E-state index contributed by atoms with van der Waals surface area (Å²) in [6.45, 7) is 1.22. The highest BCUT2D eigenvalue weighted by atomic mass is 19.1. The van der Waals surface area contributed by atoms with Gasteiger partial charge in [0.15, 0.2) is 6.17 Å². The number of carbonyl (C=O) groups is 2. The third-order valence-electron chi connectivity index (χ3n) is 2.64. The van der Waals surface area contributed by atoms with Crippen LogP contribution in [0.25, 0.3) is 0 Å². The van der Waals surface area contributed by atoms with Crippen LogP contribution in [0.2, 0.25) is 0 Å². The van der Waals surface area contributed by atoms with Crippen molar-refractivity contribution >= 4 is 11.9 Å². The third-order valence-corrected chi connectivity index (χ3v) is 2.64. The van der Waals surface area contributed by atoms with Crippen molar-refractivity contribution in [2.45, 2.75) is 32.0 Å². The van der Waals surface area contributed by atoms with E-state index >= 15 is 0 Å². The molecule has 2 unspecified atom stereocenters. The van der Waals surface area contributed by atoms with Gasteiger partial charge >= 0.3 is 11.9 Å². The van der Waals surface area contributed by atoms with Gasteiger partial charge in [0.05, 0.1) is 0 Å². The number of carbonyl (C=O) groups excluding carboxylic acids is 1. The Bertz CT molecular complexity index is 470. The van der Waals surface area contributed by atoms with E-state index in [0.29, 0.717) is 12.0 Å². The number of ether oxygens (including phenoxy) is 1. The van der Waals surface area contributed by atoms with Crippen molar-refractivity contribution in [3.63, 3.8) is 0 Å². The van der Waals surface area contributed by atoms with Crippen LogP contribution in [0.15, 0.2) is 42.5 Å². The largest absolute Gasteiger partial charge is 0.478 e. The summed E-state index contributed by atoms with van der Waals surface area (Å²) in [7, 11) is 0. The normalized spacial score (nSPS) is 13.9. The second-order valence-corrected chi connectivity index (χ2v) is 4.28. The minimum Gasteiger partial charge on any atom is -0.478 e. The molecule has 0 heterocycles. The molecule has 0 aliphatic carbocycles. The average molecular weight is 280 g/mol. The first-order chi connectivity index (χ1) is 9.50. The molecule has 0 aliphatic heterocycles. The molecule has 0 bridgehead atoms. The molecule has 0 fully saturated rings. The summed E-state index contributed by atoms with van der Waals surface area (Å²) < 4.78 is 19.3. The Labute approximate surface area is 116 Å². The van der Waals surface area contributed by atoms with Crippen molar-refractivity contribution in [3.8, 4) is 0 Å². The Morgan fingerprint density at radius 1 is 1.35 bits per heavy atom. The molecule has 1 N–H and O–H groups in total. The van der Waals surface area contributed by atoms with Gasteiger partial charge in [-0.25, -0.2) is 9.18 Å². The van der Waals surface area contributed by atoms with Crippen molar-refractivity contribution in [2.75, 3.05) is 0 Å². The van der Waals surface area contributed by atoms with Crippen molar-refractivity contribution in [1.29, 1.82) is 0 Å². The Hall–Kier alpha value is -2.17. The molecule has 4 nitrogen and oxygen atoms in total. The molecule has 0 spiro atoms. The van der Waals surface area contributed by atoms with Crippen molar-refractivity contribution in [3.05, 3.63) is 48.0 Å². The minimum atomic E-state index is -1.43. The van der Waals surface area contributed by atoms with E-state index in [1.54, 1.807) is 30.3 Å². The Morgan fingerprint density at radius 3 is 2.55 bits per heavy atom. The molecule has 0 amide bonds. The fourth-order valence-electron chi connectivity index (χ4n) is 1.77. The van der Waals surface area contributed by atoms with Gasteiger partial charge < -0.3 is 9.84 Å². The number of alkyl halides is 1. The molecular weight excluding hydrogens is 263 g/mol. The lowest BCUT2D eigenvalue weighted by Gasteiger charge is -2.20. The van der Waals surface area contributed by atoms with Gasteiger partial charge in [-0.15, -0.1) is 0 Å². The second kappa shape index (κ2) is 8.09. The van der Waals surface area contributed by atoms with Crippen LogP contribution in [0.3, 0.4) is 0 Å². The number of hydrogen-bond acceptors (Lipinski definition) is 3. The molecule has 0 saturated heterocycles. The summed E-state index contributed by atoms with van der Waals surface area (Å²) in [4.78, 5) is 21.4. The molecule has 0 radical (unpaired) electrons. The number of allylic oxidation sites excluding steroid dienone is 1. The van der Waals surface area contributed by atoms with Crippen molar-refractivity contribution < 1.29 is 23.8 Å². The number of carboxylic acid groups (broad SMARTS) is 1. The number of esters is 1. The first-order valence-corrected chi connectivity index (χ1v) is 6.26. The van der Waals surface area contributed by atoms with Gasteiger partial charge in [-0.2, -0.15) is 0 Å². The van der Waals surface area contributed by atoms with Crippen LogP contribution in [0.1, 0.15) is 31.5 Å². The van der Waals surface area contributed by atoms with E-state index < -0.39 is 24.2 Å². The topological polar surface area (TPSA) is 63.6 Å². The predicted molar refractivity (Wildman–Crippen MR) is 71.9 cm³/mol. The molecule has 2 atom stereocenters. The number of rotatable bonds is 7. The van der Waals surface area contributed by atoms with E-state index in [2.05, 4.69) is 0 Å². The fourth-order valence-corrected chi connectivity index (χ4v) is 1.77. The summed E-state index contributed by atoms with van der Waals surface area (Å²) in [6.07, 6.45) is 0.584. The number of aliphatic carboxylic acids is 1. The SMILES string of the molecule is CC(=O)OC(CC/C=C\C(=O)O)C(F)c1ccccc1. The first-order valence-electron chi connectivity index (χ1n) is 6.26. The zero-order valence-electron chi connectivity index (χ0n) is 11.2. The molecule has 20 heavy (non-hydrogen) atoms. The molecular formula is C15H17FO4. The van der Waals surface area contributed by atoms with E-state index in [1.807, 2.05) is 0 Å². The van der Waals surface area contributed by atoms with Crippen LogP contribution in [-0.4, -0.2) is 23.1 Å². The maximum atomic E-state index is 14.3. The lowest BCUT2D eigenvalue weighted by atomic mass is 10.0. The van der Waals surface area contributed by atoms with Crippen LogP contribution in [0, 0.1) is 0 Å². The average Bonchev–Trinajstić information content (AvgIpc) is 2.41. The highest BCUT2D eigenvalue weighted by Gasteiger charge is 2.24. The van der Waals surface area contributed by atoms with E-state index in [1.165, 1.54) is 13.0 Å². The monoisotopic (exact) mass is 280 g/mol. The smallest absolute Gasteiger partial charge is 0.327 e. The van der Waals surface area contributed by atoms with E-state index in [4.69, 9.17) is 9.84 Å². The van der Waals surface area contributed by atoms with E-state index in [-0.39, 0.29) is 6.42 Å². The van der Waals surface area contributed by atoms with Crippen LogP contribution in [0.5, 0.6) is 0 Å². The number of carboxylic acids is 1.